The summed E-state index contributed by atoms with van der Waals surface area (Å²) in [5, 5.41) is 8.83. The molecule has 5 atom stereocenters. The summed E-state index contributed by atoms with van der Waals surface area (Å²) < 4.78 is 13.8. The van der Waals surface area contributed by atoms with Crippen LogP contribution in [0.3, 0.4) is 0 Å². The number of fused-ring (bicyclic) bond motifs is 1. The lowest BCUT2D eigenvalue weighted by Crippen LogP contribution is -2.68. The summed E-state index contributed by atoms with van der Waals surface area (Å²) in [7, 11) is 1.81. The molecule has 1 aromatic rings. The molecule has 3 aliphatic rings. The van der Waals surface area contributed by atoms with Gasteiger partial charge in [-0.15, -0.1) is 5.01 Å². The summed E-state index contributed by atoms with van der Waals surface area (Å²) in [5.41, 5.74) is 0.791. The standard InChI is InChI=1S/C20H27FN5O2/c1-3-18(27)25-10-7-15-16(12-25)22-20(13-5-4-6-14(21)11-13)23-19(15)17-8-9-24(2)26(17)28/h3-6,11,15-17,19-20,22-23H,1,7-10,12H2,2H3/q+1. The first-order valence-corrected chi connectivity index (χ1v) is 9.84. The Bertz CT molecular complexity index is 788. The number of carbonyl (C=O) groups is 1. The van der Waals surface area contributed by atoms with Gasteiger partial charge in [0.25, 0.3) is 6.04 Å². The van der Waals surface area contributed by atoms with Crippen molar-refractivity contribution in [2.24, 2.45) is 5.92 Å². The van der Waals surface area contributed by atoms with Gasteiger partial charge in [-0.1, -0.05) is 18.7 Å². The first kappa shape index (κ1) is 19.0. The molecule has 0 aromatic heterocycles. The number of nitrogens with zero attached hydrogens (tertiary/aromatic N) is 3. The molecule has 150 valence electrons. The zero-order valence-corrected chi connectivity index (χ0v) is 16.1. The maximum Gasteiger partial charge on any atom is 0.251 e. The number of piperidine rings is 1. The number of hydrogen-bond donors (Lipinski definition) is 2. The van der Waals surface area contributed by atoms with Crippen molar-refractivity contribution in [2.45, 2.75) is 37.1 Å². The maximum absolute atomic E-state index is 13.8. The Balaban J connectivity index is 1.62. The second-order valence-corrected chi connectivity index (χ2v) is 7.93. The van der Waals surface area contributed by atoms with E-state index in [1.807, 2.05) is 6.07 Å². The highest BCUT2D eigenvalue weighted by molar-refractivity contribution is 5.87. The van der Waals surface area contributed by atoms with Crippen molar-refractivity contribution in [2.75, 3.05) is 26.7 Å². The van der Waals surface area contributed by atoms with Crippen LogP contribution in [0.25, 0.3) is 0 Å². The van der Waals surface area contributed by atoms with E-state index in [9.17, 15) is 14.1 Å². The van der Waals surface area contributed by atoms with E-state index in [4.69, 9.17) is 0 Å². The molecular weight excluding hydrogens is 361 g/mol. The third kappa shape index (κ3) is 3.42. The van der Waals surface area contributed by atoms with E-state index in [-0.39, 0.29) is 41.9 Å². The van der Waals surface area contributed by atoms with Crippen molar-refractivity contribution in [1.29, 1.82) is 0 Å². The zero-order chi connectivity index (χ0) is 19.8. The molecule has 4 rings (SSSR count). The molecule has 5 unspecified atom stereocenters. The number of carbonyl (C=O) groups excluding carboxylic acids is 1. The Kier molecular flexibility index (Phi) is 5.16. The van der Waals surface area contributed by atoms with Gasteiger partial charge in [0.05, 0.1) is 30.7 Å². The molecule has 0 spiro atoms. The van der Waals surface area contributed by atoms with Crippen LogP contribution in [0, 0.1) is 16.6 Å². The summed E-state index contributed by atoms with van der Waals surface area (Å²) in [5.74, 6) is -0.159. The highest BCUT2D eigenvalue weighted by atomic mass is 19.1. The molecule has 3 fully saturated rings. The molecular formula is C20H27FN5O2+. The van der Waals surface area contributed by atoms with E-state index < -0.39 is 0 Å². The van der Waals surface area contributed by atoms with Gasteiger partial charge in [-0.25, -0.2) is 4.39 Å². The second kappa shape index (κ2) is 7.60. The van der Waals surface area contributed by atoms with Crippen LogP contribution in [-0.4, -0.2) is 65.5 Å². The van der Waals surface area contributed by atoms with Gasteiger partial charge in [0.1, 0.15) is 10.7 Å². The molecule has 1 aromatic carbocycles. The van der Waals surface area contributed by atoms with Crippen molar-refractivity contribution in [3.8, 4) is 0 Å². The molecule has 3 saturated heterocycles. The molecule has 0 radical (unpaired) electrons. The van der Waals surface area contributed by atoms with E-state index in [0.717, 1.165) is 29.8 Å². The number of hydrazine groups is 1. The zero-order valence-electron chi connectivity index (χ0n) is 16.1. The van der Waals surface area contributed by atoms with Gasteiger partial charge in [0.2, 0.25) is 5.91 Å². The van der Waals surface area contributed by atoms with E-state index in [1.165, 1.54) is 18.2 Å². The monoisotopic (exact) mass is 388 g/mol. The Hall–Kier alpha value is -2.32. The van der Waals surface area contributed by atoms with Crippen molar-refractivity contribution in [3.05, 3.63) is 53.2 Å². The second-order valence-electron chi connectivity index (χ2n) is 7.93. The van der Waals surface area contributed by atoms with Gasteiger partial charge in [0.15, 0.2) is 0 Å². The molecule has 28 heavy (non-hydrogen) atoms. The minimum absolute atomic E-state index is 0.0245. The van der Waals surface area contributed by atoms with Crippen molar-refractivity contribution in [1.82, 2.24) is 20.5 Å². The normalized spacial score (nSPS) is 32.9. The van der Waals surface area contributed by atoms with E-state index in [0.29, 0.717) is 13.1 Å². The average molecular weight is 388 g/mol. The van der Waals surface area contributed by atoms with E-state index in [2.05, 4.69) is 17.2 Å². The molecule has 2 N–H and O–H groups in total. The number of halogens is 1. The van der Waals surface area contributed by atoms with Gasteiger partial charge in [-0.2, -0.15) is 0 Å². The van der Waals surface area contributed by atoms with E-state index >= 15 is 0 Å². The number of rotatable bonds is 3. The number of nitroso groups, excluding NO2 is 1. The first-order valence-electron chi connectivity index (χ1n) is 9.84. The summed E-state index contributed by atoms with van der Waals surface area (Å²) in [6, 6.07) is 6.30. The fourth-order valence-electron chi connectivity index (χ4n) is 4.86. The van der Waals surface area contributed by atoms with Crippen LogP contribution in [0.4, 0.5) is 4.39 Å². The van der Waals surface area contributed by atoms with Crippen molar-refractivity contribution < 1.29 is 14.1 Å². The number of amides is 1. The van der Waals surface area contributed by atoms with Crippen LogP contribution in [0.2, 0.25) is 0 Å². The Morgan fingerprint density at radius 2 is 2.14 bits per heavy atom. The van der Waals surface area contributed by atoms with Gasteiger partial charge >= 0.3 is 0 Å². The summed E-state index contributed by atoms with van der Waals surface area (Å²) in [4.78, 5) is 27.6. The number of hydrogen-bond acceptors (Lipinski definition) is 4. The van der Waals surface area contributed by atoms with Gasteiger partial charge < -0.3 is 4.90 Å². The lowest BCUT2D eigenvalue weighted by Gasteiger charge is -2.48. The van der Waals surface area contributed by atoms with Crippen molar-refractivity contribution in [3.63, 3.8) is 0 Å². The molecule has 1 amide bonds. The minimum Gasteiger partial charge on any atom is -0.338 e. The fraction of sp³-hybridized carbons (Fsp3) is 0.550. The van der Waals surface area contributed by atoms with Crippen LogP contribution in [-0.2, 0) is 4.79 Å². The minimum atomic E-state index is -0.294. The largest absolute Gasteiger partial charge is 0.338 e. The van der Waals surface area contributed by atoms with Gasteiger partial charge in [0, 0.05) is 25.6 Å². The number of likely N-dealkylation sites (tertiary alicyclic amines) is 1. The average Bonchev–Trinajstić information content (AvgIpc) is 3.04. The number of nitrogens with one attached hydrogen (secondary N) is 2. The molecule has 0 saturated carbocycles. The molecule has 7 nitrogen and oxygen atoms in total. The van der Waals surface area contributed by atoms with Gasteiger partial charge in [-0.05, 0) is 36.1 Å². The lowest BCUT2D eigenvalue weighted by molar-refractivity contribution is -0.709. The fourth-order valence-corrected chi connectivity index (χ4v) is 4.86. The van der Waals surface area contributed by atoms with Crippen LogP contribution in [0.5, 0.6) is 0 Å². The molecule has 8 heteroatoms. The molecule has 0 bridgehead atoms. The van der Waals surface area contributed by atoms with Crippen molar-refractivity contribution >= 4 is 5.91 Å². The molecule has 0 aliphatic carbocycles. The summed E-state index contributed by atoms with van der Waals surface area (Å²) >= 11 is 0. The predicted molar refractivity (Wildman–Crippen MR) is 103 cm³/mol. The highest BCUT2D eigenvalue weighted by Crippen LogP contribution is 2.33. The summed E-state index contributed by atoms with van der Waals surface area (Å²) in [6.07, 6.45) is 2.65. The molecule has 3 heterocycles. The van der Waals surface area contributed by atoms with Crippen LogP contribution >= 0.6 is 0 Å². The smallest absolute Gasteiger partial charge is 0.251 e. The Labute approximate surface area is 164 Å². The Morgan fingerprint density at radius 3 is 2.82 bits per heavy atom. The topological polar surface area (TPSA) is 67.7 Å². The maximum atomic E-state index is 13.8. The third-order valence-corrected chi connectivity index (χ3v) is 6.32. The molecule has 3 aliphatic heterocycles. The summed E-state index contributed by atoms with van der Waals surface area (Å²) in [6.45, 7) is 5.52. The third-order valence-electron chi connectivity index (χ3n) is 6.32. The van der Waals surface area contributed by atoms with E-state index in [1.54, 1.807) is 23.0 Å². The predicted octanol–water partition coefficient (Wildman–Crippen LogP) is 1.19. The van der Waals surface area contributed by atoms with Crippen LogP contribution < -0.4 is 10.6 Å². The van der Waals surface area contributed by atoms with Crippen LogP contribution in [0.15, 0.2) is 36.9 Å². The highest BCUT2D eigenvalue weighted by Gasteiger charge is 2.52. The SMILES string of the molecule is C=CC(=O)N1CCC2C(C1)NC(c1cccc(F)c1)NC2C1CCN(C)[N+]1=O. The first-order chi connectivity index (χ1) is 13.5. The van der Waals surface area contributed by atoms with Gasteiger partial charge in [-0.3, -0.25) is 15.4 Å². The van der Waals surface area contributed by atoms with Crippen LogP contribution in [0.1, 0.15) is 24.6 Å². The Morgan fingerprint density at radius 1 is 1.32 bits per heavy atom. The quantitative estimate of drug-likeness (QED) is 0.601. The lowest BCUT2D eigenvalue weighted by atomic mass is 9.78. The number of benzene rings is 1.